The van der Waals surface area contributed by atoms with Gasteiger partial charge in [-0.15, -0.1) is 0 Å². The largest absolute Gasteiger partial charge is 0.486 e. The molecule has 4 rings (SSSR count). The van der Waals surface area contributed by atoms with Crippen molar-refractivity contribution in [3.8, 4) is 11.5 Å². The molecule has 3 aromatic carbocycles. The molecule has 224 valence electrons. The van der Waals surface area contributed by atoms with E-state index in [2.05, 4.69) is 5.32 Å². The molecule has 42 heavy (non-hydrogen) atoms. The van der Waals surface area contributed by atoms with Gasteiger partial charge in [-0.2, -0.15) is 0 Å². The smallest absolute Gasteiger partial charge is 0.264 e. The summed E-state index contributed by atoms with van der Waals surface area (Å²) in [6, 6.07) is 12.7. The molecule has 1 heterocycles. The third-order valence-corrected chi connectivity index (χ3v) is 9.10. The van der Waals surface area contributed by atoms with Gasteiger partial charge in [0.1, 0.15) is 31.6 Å². The molecular formula is C29H30Cl2FN3O6S. The molecule has 1 N–H and O–H groups in total. The van der Waals surface area contributed by atoms with Crippen LogP contribution in [-0.4, -0.2) is 57.5 Å². The first-order chi connectivity index (χ1) is 20.1. The van der Waals surface area contributed by atoms with Gasteiger partial charge in [0, 0.05) is 34.8 Å². The lowest BCUT2D eigenvalue weighted by molar-refractivity contribution is -0.140. The van der Waals surface area contributed by atoms with Crippen LogP contribution in [0.3, 0.4) is 0 Å². The highest BCUT2D eigenvalue weighted by atomic mass is 35.5. The zero-order valence-electron chi connectivity index (χ0n) is 23.0. The third kappa shape index (κ3) is 6.91. The van der Waals surface area contributed by atoms with Crippen molar-refractivity contribution in [2.75, 3.05) is 30.6 Å². The van der Waals surface area contributed by atoms with Gasteiger partial charge in [0.25, 0.3) is 10.0 Å². The molecule has 9 nitrogen and oxygen atoms in total. The molecule has 3 aromatic rings. The summed E-state index contributed by atoms with van der Waals surface area (Å²) in [5, 5.41) is 3.29. The Morgan fingerprint density at radius 2 is 1.62 bits per heavy atom. The minimum absolute atomic E-state index is 0.0430. The maximum Gasteiger partial charge on any atom is 0.264 e. The first-order valence-corrected chi connectivity index (χ1v) is 15.4. The van der Waals surface area contributed by atoms with E-state index in [0.29, 0.717) is 24.5 Å². The second-order valence-corrected chi connectivity index (χ2v) is 12.0. The van der Waals surface area contributed by atoms with E-state index in [4.69, 9.17) is 32.7 Å². The van der Waals surface area contributed by atoms with Crippen LogP contribution in [0.4, 0.5) is 10.1 Å². The minimum atomic E-state index is -4.41. The summed E-state index contributed by atoms with van der Waals surface area (Å²) >= 11 is 12.8. The Hall–Kier alpha value is -3.54. The summed E-state index contributed by atoms with van der Waals surface area (Å²) < 4.78 is 53.9. The average molecular weight is 639 g/mol. The van der Waals surface area contributed by atoms with Crippen molar-refractivity contribution in [3.63, 3.8) is 0 Å². The molecule has 0 fully saturated rings. The van der Waals surface area contributed by atoms with E-state index in [1.165, 1.54) is 35.2 Å². The van der Waals surface area contributed by atoms with E-state index in [0.717, 1.165) is 16.4 Å². The third-order valence-electron chi connectivity index (χ3n) is 6.62. The number of carbonyl (C=O) groups is 2. The molecule has 2 amide bonds. The van der Waals surface area contributed by atoms with Gasteiger partial charge in [0.2, 0.25) is 11.8 Å². The lowest BCUT2D eigenvalue weighted by atomic mass is 10.1. The van der Waals surface area contributed by atoms with Gasteiger partial charge in [-0.1, -0.05) is 36.2 Å². The number of fused-ring (bicyclic) bond motifs is 1. The van der Waals surface area contributed by atoms with Crippen LogP contribution in [0, 0.1) is 5.82 Å². The van der Waals surface area contributed by atoms with Crippen molar-refractivity contribution in [3.05, 3.63) is 82.1 Å². The Morgan fingerprint density at radius 1 is 0.976 bits per heavy atom. The number of nitrogens with one attached hydrogen (secondary N) is 1. The summed E-state index contributed by atoms with van der Waals surface area (Å²) in [6.07, 6.45) is 0.227. The van der Waals surface area contributed by atoms with Gasteiger partial charge < -0.3 is 19.7 Å². The van der Waals surface area contributed by atoms with Crippen LogP contribution in [0.2, 0.25) is 10.0 Å². The quantitative estimate of drug-likeness (QED) is 0.316. The second kappa shape index (κ2) is 13.6. The maximum absolute atomic E-state index is 14.1. The molecule has 0 aromatic heterocycles. The fourth-order valence-electron chi connectivity index (χ4n) is 4.51. The van der Waals surface area contributed by atoms with E-state index >= 15 is 0 Å². The number of rotatable bonds is 11. The highest BCUT2D eigenvalue weighted by molar-refractivity contribution is 7.92. The zero-order chi connectivity index (χ0) is 30.4. The standard InChI is InChI=1S/C29H30Cl2FN3O6S/c1-3-25(29(37)33-4-2)34(17-22-23(30)6-5-7-24(22)31)28(36)18-35(20-10-8-19(32)9-11-20)42(38,39)21-12-13-26-27(16-21)41-15-14-40-26/h5-13,16,25H,3-4,14-15,17-18H2,1-2H3,(H,33,37)/t25-/m1/s1. The number of hydrogen-bond acceptors (Lipinski definition) is 6. The molecule has 0 saturated heterocycles. The van der Waals surface area contributed by atoms with Gasteiger partial charge in [-0.25, -0.2) is 12.8 Å². The van der Waals surface area contributed by atoms with Gasteiger partial charge in [0.15, 0.2) is 11.5 Å². The van der Waals surface area contributed by atoms with Crippen LogP contribution >= 0.6 is 23.2 Å². The lowest BCUT2D eigenvalue weighted by Gasteiger charge is -2.33. The predicted octanol–water partition coefficient (Wildman–Crippen LogP) is 5.04. The lowest BCUT2D eigenvalue weighted by Crippen LogP contribution is -2.52. The number of hydrogen-bond donors (Lipinski definition) is 1. The highest BCUT2D eigenvalue weighted by Gasteiger charge is 2.34. The van der Waals surface area contributed by atoms with Crippen molar-refractivity contribution >= 4 is 50.7 Å². The number of amides is 2. The molecule has 0 unspecified atom stereocenters. The minimum Gasteiger partial charge on any atom is -0.486 e. The molecular weight excluding hydrogens is 608 g/mol. The van der Waals surface area contributed by atoms with E-state index in [-0.39, 0.29) is 46.0 Å². The van der Waals surface area contributed by atoms with E-state index in [1.54, 1.807) is 32.0 Å². The van der Waals surface area contributed by atoms with Crippen LogP contribution < -0.4 is 19.1 Å². The number of carbonyl (C=O) groups excluding carboxylic acids is 2. The van der Waals surface area contributed by atoms with Crippen molar-refractivity contribution in [1.82, 2.24) is 10.2 Å². The van der Waals surface area contributed by atoms with Crippen LogP contribution in [0.5, 0.6) is 11.5 Å². The molecule has 0 bridgehead atoms. The van der Waals surface area contributed by atoms with Crippen molar-refractivity contribution < 1.29 is 31.9 Å². The number of anilines is 1. The first-order valence-electron chi connectivity index (χ1n) is 13.2. The Kier molecular flexibility index (Phi) is 10.2. The second-order valence-electron chi connectivity index (χ2n) is 9.33. The van der Waals surface area contributed by atoms with E-state index in [9.17, 15) is 22.4 Å². The predicted molar refractivity (Wildman–Crippen MR) is 158 cm³/mol. The highest BCUT2D eigenvalue weighted by Crippen LogP contribution is 2.35. The van der Waals surface area contributed by atoms with Crippen LogP contribution in [-0.2, 0) is 26.2 Å². The van der Waals surface area contributed by atoms with Gasteiger partial charge in [0.05, 0.1) is 10.6 Å². The fraction of sp³-hybridized carbons (Fsp3) is 0.310. The monoisotopic (exact) mass is 637 g/mol. The first kappa shape index (κ1) is 31.4. The van der Waals surface area contributed by atoms with E-state index < -0.39 is 40.2 Å². The van der Waals surface area contributed by atoms with E-state index in [1.807, 2.05) is 0 Å². The molecule has 0 aliphatic carbocycles. The van der Waals surface area contributed by atoms with Crippen LogP contribution in [0.15, 0.2) is 65.6 Å². The van der Waals surface area contributed by atoms with Crippen molar-refractivity contribution in [2.45, 2.75) is 37.8 Å². The summed E-state index contributed by atoms with van der Waals surface area (Å²) in [4.78, 5) is 28.2. The normalized spacial score (nSPS) is 13.3. The Morgan fingerprint density at radius 3 is 2.24 bits per heavy atom. The van der Waals surface area contributed by atoms with Crippen LogP contribution in [0.25, 0.3) is 0 Å². The molecule has 1 atom stereocenters. The molecule has 0 radical (unpaired) electrons. The SMILES string of the molecule is CCNC(=O)[C@@H](CC)N(Cc1c(Cl)cccc1Cl)C(=O)CN(c1ccc(F)cc1)S(=O)(=O)c1ccc2c(c1)OCCO2. The van der Waals surface area contributed by atoms with Gasteiger partial charge in [-0.3, -0.25) is 13.9 Å². The molecule has 1 aliphatic rings. The zero-order valence-corrected chi connectivity index (χ0v) is 25.3. The summed E-state index contributed by atoms with van der Waals surface area (Å²) in [5.41, 5.74) is 0.446. The topological polar surface area (TPSA) is 105 Å². The van der Waals surface area contributed by atoms with Crippen molar-refractivity contribution in [1.29, 1.82) is 0 Å². The molecule has 0 saturated carbocycles. The number of halogens is 3. The van der Waals surface area contributed by atoms with Gasteiger partial charge >= 0.3 is 0 Å². The summed E-state index contributed by atoms with van der Waals surface area (Å²) in [5.74, 6) is -1.07. The maximum atomic E-state index is 14.1. The Bertz CT molecular complexity index is 1540. The molecule has 0 spiro atoms. The Labute approximate surface area is 254 Å². The average Bonchev–Trinajstić information content (AvgIpc) is 2.97. The summed E-state index contributed by atoms with van der Waals surface area (Å²) in [7, 11) is -4.41. The number of nitrogens with zero attached hydrogens (tertiary/aromatic N) is 2. The molecule has 1 aliphatic heterocycles. The Balaban J connectivity index is 1.77. The van der Waals surface area contributed by atoms with Crippen LogP contribution in [0.1, 0.15) is 25.8 Å². The number of ether oxygens (including phenoxy) is 2. The summed E-state index contributed by atoms with van der Waals surface area (Å²) in [6.45, 7) is 3.51. The number of sulfonamides is 1. The van der Waals surface area contributed by atoms with Gasteiger partial charge in [-0.05, 0) is 61.9 Å². The van der Waals surface area contributed by atoms with Crippen molar-refractivity contribution in [2.24, 2.45) is 0 Å². The number of benzene rings is 3. The molecule has 13 heteroatoms. The number of likely N-dealkylation sites (N-methyl/N-ethyl adjacent to an activating group) is 1. The fourth-order valence-corrected chi connectivity index (χ4v) is 6.46.